The highest BCUT2D eigenvalue weighted by Crippen LogP contribution is 2.20. The maximum Gasteiger partial charge on any atom is 0.326 e. The van der Waals surface area contributed by atoms with Gasteiger partial charge < -0.3 is 20.9 Å². The number of nitrogens with two attached hydrogens (primary N) is 1. The van der Waals surface area contributed by atoms with E-state index in [1.807, 2.05) is 0 Å². The monoisotopic (exact) mass is 873 g/mol. The number of carbonyl (C=O) groups excluding carboxylic acids is 2. The highest BCUT2D eigenvalue weighted by molar-refractivity contribution is 5.83. The van der Waals surface area contributed by atoms with E-state index in [-0.39, 0.29) is 18.0 Å². The number of aliphatic carboxylic acids is 1. The van der Waals surface area contributed by atoms with Crippen molar-refractivity contribution in [2.75, 3.05) is 6.54 Å². The zero-order chi connectivity index (χ0) is 45.2. The molecule has 0 aromatic heterocycles. The summed E-state index contributed by atoms with van der Waals surface area (Å²) in [6.45, 7) is 4.97. The van der Waals surface area contributed by atoms with Crippen LogP contribution in [0.15, 0.2) is 24.3 Å². The van der Waals surface area contributed by atoms with Gasteiger partial charge in [-0.05, 0) is 90.0 Å². The van der Waals surface area contributed by atoms with Gasteiger partial charge in [0.15, 0.2) is 0 Å². The van der Waals surface area contributed by atoms with E-state index in [1.165, 1.54) is 180 Å². The van der Waals surface area contributed by atoms with E-state index in [4.69, 9.17) is 10.5 Å². The molecule has 7 nitrogen and oxygen atoms in total. The average molecular weight is 873 g/mol. The average Bonchev–Trinajstić information content (AvgIpc) is 3.26. The predicted molar refractivity (Wildman–Crippen MR) is 267 cm³/mol. The molecule has 0 saturated carbocycles. The van der Waals surface area contributed by atoms with Gasteiger partial charge in [0.2, 0.25) is 5.91 Å². The first-order valence-electron chi connectivity index (χ1n) is 27.2. The highest BCUT2D eigenvalue weighted by atomic mass is 16.5. The largest absolute Gasteiger partial charge is 0.480 e. The maximum absolute atomic E-state index is 12.9. The molecule has 0 bridgehead atoms. The molecular weight excluding hydrogens is 769 g/mol. The second kappa shape index (κ2) is 49.9. The van der Waals surface area contributed by atoms with Gasteiger partial charge in [-0.25, -0.2) is 4.79 Å². The molecule has 0 aromatic rings. The number of carboxylic acids is 1. The van der Waals surface area contributed by atoms with Gasteiger partial charge in [-0.15, -0.1) is 0 Å². The third-order valence-corrected chi connectivity index (χ3v) is 12.5. The lowest BCUT2D eigenvalue weighted by molar-refractivity contribution is -0.150. The van der Waals surface area contributed by atoms with Gasteiger partial charge in [0.25, 0.3) is 0 Å². The molecule has 0 saturated heterocycles. The second-order valence-electron chi connectivity index (χ2n) is 18.6. The normalized spacial score (nSPS) is 12.7. The van der Waals surface area contributed by atoms with Crippen molar-refractivity contribution in [3.63, 3.8) is 0 Å². The van der Waals surface area contributed by atoms with Crippen molar-refractivity contribution in [2.45, 2.75) is 302 Å². The molecule has 0 heterocycles. The van der Waals surface area contributed by atoms with Crippen LogP contribution in [0.3, 0.4) is 0 Å². The number of allylic oxidation sites excluding steroid dienone is 4. The lowest BCUT2D eigenvalue weighted by Gasteiger charge is -2.18. The summed E-state index contributed by atoms with van der Waals surface area (Å²) in [5.41, 5.74) is 5.50. The molecule has 364 valence electrons. The summed E-state index contributed by atoms with van der Waals surface area (Å²) in [5.74, 6) is -1.21. The minimum Gasteiger partial charge on any atom is -0.480 e. The number of esters is 1. The van der Waals surface area contributed by atoms with E-state index in [0.29, 0.717) is 32.2 Å². The summed E-state index contributed by atoms with van der Waals surface area (Å²) in [7, 11) is 0. The first kappa shape index (κ1) is 59.9. The molecule has 0 aliphatic carbocycles. The van der Waals surface area contributed by atoms with Crippen LogP contribution in [0.25, 0.3) is 0 Å². The fourth-order valence-corrected chi connectivity index (χ4v) is 8.43. The molecule has 0 rings (SSSR count). The third-order valence-electron chi connectivity index (χ3n) is 12.5. The van der Waals surface area contributed by atoms with E-state index < -0.39 is 12.0 Å². The Labute approximate surface area is 384 Å². The van der Waals surface area contributed by atoms with Crippen molar-refractivity contribution in [1.82, 2.24) is 5.32 Å². The SMILES string of the molecule is CCCCCCC/C=C\C/C=C\CCCCCCCCCCCCCC(=O)OC(CCCCCCCCCCCCCCC)CCCCCCCC(=O)NC(CCCN)C(=O)O. The van der Waals surface area contributed by atoms with Crippen LogP contribution >= 0.6 is 0 Å². The Morgan fingerprint density at radius 1 is 0.468 bits per heavy atom. The minimum absolute atomic E-state index is 0.0147. The molecule has 0 fully saturated rings. The molecule has 0 radical (unpaired) electrons. The Kier molecular flexibility index (Phi) is 48.1. The maximum atomic E-state index is 12.9. The topological polar surface area (TPSA) is 119 Å². The van der Waals surface area contributed by atoms with Crippen molar-refractivity contribution in [3.05, 3.63) is 24.3 Å². The standard InChI is InChI=1S/C55H104N2O5/c1-3-5-7-9-11-13-15-17-18-19-20-21-22-23-24-25-26-28-30-32-34-39-43-49-54(59)62-51(45-40-36-33-31-29-27-16-14-12-10-8-6-4-2)46-41-37-35-38-42-48-53(58)57-52(55(60)61)47-44-50-56/h15,17,19-20,51-52H,3-14,16,18,21-50,56H2,1-2H3,(H,57,58)(H,60,61)/b17-15-,20-19-. The Balaban J connectivity index is 4.18. The second-order valence-corrected chi connectivity index (χ2v) is 18.6. The number of carbonyl (C=O) groups is 3. The fraction of sp³-hybridized carbons (Fsp3) is 0.873. The van der Waals surface area contributed by atoms with Gasteiger partial charge in [0, 0.05) is 12.8 Å². The molecule has 62 heavy (non-hydrogen) atoms. The number of rotatable bonds is 50. The third kappa shape index (κ3) is 45.9. The molecule has 7 heteroatoms. The van der Waals surface area contributed by atoms with Crippen LogP contribution in [0.1, 0.15) is 290 Å². The summed E-state index contributed by atoms with van der Waals surface area (Å²) in [5, 5.41) is 12.0. The molecule has 1 amide bonds. The van der Waals surface area contributed by atoms with E-state index >= 15 is 0 Å². The molecule has 0 aliphatic rings. The smallest absolute Gasteiger partial charge is 0.326 e. The van der Waals surface area contributed by atoms with Crippen molar-refractivity contribution >= 4 is 17.8 Å². The highest BCUT2D eigenvalue weighted by Gasteiger charge is 2.19. The molecule has 0 spiro atoms. The van der Waals surface area contributed by atoms with Crippen molar-refractivity contribution in [3.8, 4) is 0 Å². The van der Waals surface area contributed by atoms with Crippen LogP contribution in [0, 0.1) is 0 Å². The van der Waals surface area contributed by atoms with Gasteiger partial charge in [-0.3, -0.25) is 9.59 Å². The molecule has 0 aliphatic heterocycles. The van der Waals surface area contributed by atoms with Crippen molar-refractivity contribution in [2.24, 2.45) is 5.73 Å². The quantitative estimate of drug-likeness (QED) is 0.0318. The van der Waals surface area contributed by atoms with Crippen LogP contribution in [0.5, 0.6) is 0 Å². The van der Waals surface area contributed by atoms with Crippen LogP contribution in [-0.2, 0) is 19.1 Å². The fourth-order valence-electron chi connectivity index (χ4n) is 8.43. The summed E-state index contributed by atoms with van der Waals surface area (Å²) in [6, 6.07) is -0.855. The lowest BCUT2D eigenvalue weighted by Crippen LogP contribution is -2.40. The van der Waals surface area contributed by atoms with Gasteiger partial charge in [-0.1, -0.05) is 218 Å². The summed E-state index contributed by atoms with van der Waals surface area (Å²) in [4.78, 5) is 36.6. The Bertz CT molecular complexity index is 1030. The van der Waals surface area contributed by atoms with E-state index in [9.17, 15) is 19.5 Å². The number of ether oxygens (including phenoxy) is 1. The predicted octanol–water partition coefficient (Wildman–Crippen LogP) is 16.4. The van der Waals surface area contributed by atoms with E-state index in [0.717, 1.165) is 70.6 Å². The first-order valence-corrected chi connectivity index (χ1v) is 27.2. The van der Waals surface area contributed by atoms with Gasteiger partial charge in [0.05, 0.1) is 0 Å². The van der Waals surface area contributed by atoms with Crippen molar-refractivity contribution < 1.29 is 24.2 Å². The summed E-state index contributed by atoms with van der Waals surface area (Å²) in [6.07, 6.45) is 59.6. The molecule has 4 N–H and O–H groups in total. The Hall–Kier alpha value is -2.15. The minimum atomic E-state index is -1.00. The van der Waals surface area contributed by atoms with Crippen LogP contribution in [0.2, 0.25) is 0 Å². The van der Waals surface area contributed by atoms with Crippen molar-refractivity contribution in [1.29, 1.82) is 0 Å². The lowest BCUT2D eigenvalue weighted by atomic mass is 10.0. The van der Waals surface area contributed by atoms with Crippen LogP contribution < -0.4 is 11.1 Å². The van der Waals surface area contributed by atoms with Gasteiger partial charge in [0.1, 0.15) is 12.1 Å². The van der Waals surface area contributed by atoms with Gasteiger partial charge in [-0.2, -0.15) is 0 Å². The Morgan fingerprint density at radius 3 is 1.24 bits per heavy atom. The number of carboxylic acid groups (broad SMARTS) is 1. The Morgan fingerprint density at radius 2 is 0.839 bits per heavy atom. The number of unbranched alkanes of at least 4 members (excludes halogenated alkanes) is 32. The molecule has 0 aromatic carbocycles. The van der Waals surface area contributed by atoms with E-state index in [2.05, 4.69) is 43.5 Å². The molecular formula is C55H104N2O5. The summed E-state index contributed by atoms with van der Waals surface area (Å²) >= 11 is 0. The zero-order valence-corrected chi connectivity index (χ0v) is 41.2. The van der Waals surface area contributed by atoms with Crippen LogP contribution in [0.4, 0.5) is 0 Å². The number of nitrogens with one attached hydrogen (secondary N) is 1. The number of hydrogen-bond donors (Lipinski definition) is 3. The number of hydrogen-bond acceptors (Lipinski definition) is 5. The van der Waals surface area contributed by atoms with Gasteiger partial charge >= 0.3 is 11.9 Å². The summed E-state index contributed by atoms with van der Waals surface area (Å²) < 4.78 is 6.10. The number of amides is 1. The van der Waals surface area contributed by atoms with Crippen LogP contribution in [-0.4, -0.2) is 41.6 Å². The first-order chi connectivity index (χ1) is 30.4. The van der Waals surface area contributed by atoms with E-state index in [1.54, 1.807) is 0 Å². The molecule has 2 unspecified atom stereocenters. The zero-order valence-electron chi connectivity index (χ0n) is 41.2. The molecule has 2 atom stereocenters.